The second kappa shape index (κ2) is 7.48. The van der Waals surface area contributed by atoms with Crippen LogP contribution in [0.15, 0.2) is 46.9 Å². The molecule has 0 atom stereocenters. The Kier molecular flexibility index (Phi) is 5.65. The Morgan fingerprint density at radius 2 is 1.90 bits per heavy atom. The molecule has 2 aromatic carbocycles. The molecule has 0 aromatic heterocycles. The van der Waals surface area contributed by atoms with Crippen LogP contribution >= 0.6 is 27.5 Å². The molecule has 0 heterocycles. The van der Waals surface area contributed by atoms with E-state index in [1.165, 1.54) is 0 Å². The molecule has 0 unspecified atom stereocenters. The molecule has 0 aliphatic heterocycles. The summed E-state index contributed by atoms with van der Waals surface area (Å²) in [6.07, 6.45) is 0. The molecule has 110 valence electrons. The molecule has 3 nitrogen and oxygen atoms in total. The van der Waals surface area contributed by atoms with Crippen molar-refractivity contribution in [2.75, 3.05) is 11.9 Å². The molecule has 21 heavy (non-hydrogen) atoms. The summed E-state index contributed by atoms with van der Waals surface area (Å²) in [5, 5.41) is 6.64. The monoisotopic (exact) mass is 366 g/mol. The third-order valence-corrected chi connectivity index (χ3v) is 4.13. The maximum atomic E-state index is 11.8. The third kappa shape index (κ3) is 5.06. The highest BCUT2D eigenvalue weighted by molar-refractivity contribution is 9.10. The maximum absolute atomic E-state index is 11.8. The second-order valence-corrected chi connectivity index (χ2v) is 6.01. The van der Waals surface area contributed by atoms with Gasteiger partial charge in [0.25, 0.3) is 0 Å². The van der Waals surface area contributed by atoms with Crippen molar-refractivity contribution in [3.05, 3.63) is 63.1 Å². The van der Waals surface area contributed by atoms with E-state index in [0.29, 0.717) is 11.6 Å². The van der Waals surface area contributed by atoms with Crippen LogP contribution in [0.3, 0.4) is 0 Å². The molecule has 0 spiro atoms. The van der Waals surface area contributed by atoms with Crippen molar-refractivity contribution in [1.29, 1.82) is 0 Å². The predicted molar refractivity (Wildman–Crippen MR) is 90.7 cm³/mol. The van der Waals surface area contributed by atoms with Gasteiger partial charge >= 0.3 is 0 Å². The van der Waals surface area contributed by atoms with Gasteiger partial charge in [0.05, 0.1) is 6.54 Å². The topological polar surface area (TPSA) is 41.1 Å². The van der Waals surface area contributed by atoms with Crippen molar-refractivity contribution in [3.63, 3.8) is 0 Å². The molecule has 2 rings (SSSR count). The first-order valence-electron chi connectivity index (χ1n) is 6.56. The quantitative estimate of drug-likeness (QED) is 0.834. The molecular weight excluding hydrogens is 352 g/mol. The van der Waals surface area contributed by atoms with Crippen LogP contribution in [0.4, 0.5) is 5.69 Å². The second-order valence-electron chi connectivity index (χ2n) is 4.72. The smallest absolute Gasteiger partial charge is 0.239 e. The lowest BCUT2D eigenvalue weighted by Gasteiger charge is -2.09. The van der Waals surface area contributed by atoms with E-state index in [0.717, 1.165) is 21.3 Å². The van der Waals surface area contributed by atoms with E-state index in [2.05, 4.69) is 26.6 Å². The first kappa shape index (κ1) is 15.9. The summed E-state index contributed by atoms with van der Waals surface area (Å²) in [6, 6.07) is 13.3. The van der Waals surface area contributed by atoms with Crippen molar-refractivity contribution in [2.24, 2.45) is 0 Å². The van der Waals surface area contributed by atoms with Crippen LogP contribution in [0.25, 0.3) is 0 Å². The molecule has 0 radical (unpaired) electrons. The van der Waals surface area contributed by atoms with Crippen LogP contribution in [0, 0.1) is 6.92 Å². The number of anilines is 1. The molecule has 0 bridgehead atoms. The van der Waals surface area contributed by atoms with Gasteiger partial charge in [-0.3, -0.25) is 4.79 Å². The molecule has 1 amide bonds. The van der Waals surface area contributed by atoms with Crippen molar-refractivity contribution in [2.45, 2.75) is 13.5 Å². The van der Waals surface area contributed by atoms with Gasteiger partial charge in [-0.2, -0.15) is 0 Å². The van der Waals surface area contributed by atoms with Crippen molar-refractivity contribution < 1.29 is 4.79 Å². The maximum Gasteiger partial charge on any atom is 0.239 e. The molecule has 0 saturated heterocycles. The largest absolute Gasteiger partial charge is 0.376 e. The number of halogens is 2. The van der Waals surface area contributed by atoms with Gasteiger partial charge in [-0.25, -0.2) is 0 Å². The van der Waals surface area contributed by atoms with Gasteiger partial charge in [-0.1, -0.05) is 45.7 Å². The first-order chi connectivity index (χ1) is 10.0. The van der Waals surface area contributed by atoms with Crippen molar-refractivity contribution in [3.8, 4) is 0 Å². The molecular formula is C16H16BrClN2O. The number of amides is 1. The van der Waals surface area contributed by atoms with Gasteiger partial charge in [-0.15, -0.1) is 0 Å². The van der Waals surface area contributed by atoms with E-state index >= 15 is 0 Å². The normalized spacial score (nSPS) is 10.2. The van der Waals surface area contributed by atoms with Gasteiger partial charge in [0.2, 0.25) is 5.91 Å². The molecule has 2 N–H and O–H groups in total. The highest BCUT2D eigenvalue weighted by Crippen LogP contribution is 2.20. The SMILES string of the molecule is Cc1ccc(NCC(=O)NCc2ccc(Cl)cc2)cc1Br. The number of rotatable bonds is 5. The minimum atomic E-state index is -0.0540. The molecule has 0 saturated carbocycles. The average molecular weight is 368 g/mol. The van der Waals surface area contributed by atoms with Crippen LogP contribution in [-0.4, -0.2) is 12.5 Å². The number of aryl methyl sites for hydroxylation is 1. The van der Waals surface area contributed by atoms with Gasteiger partial charge in [-0.05, 0) is 42.3 Å². The van der Waals surface area contributed by atoms with Crippen LogP contribution in [-0.2, 0) is 11.3 Å². The van der Waals surface area contributed by atoms with Crippen LogP contribution < -0.4 is 10.6 Å². The van der Waals surface area contributed by atoms with Crippen LogP contribution in [0.1, 0.15) is 11.1 Å². The molecule has 2 aromatic rings. The van der Waals surface area contributed by atoms with Gasteiger partial charge in [0, 0.05) is 21.7 Å². The third-order valence-electron chi connectivity index (χ3n) is 3.03. The van der Waals surface area contributed by atoms with E-state index in [-0.39, 0.29) is 12.5 Å². The molecule has 0 aliphatic carbocycles. The first-order valence-corrected chi connectivity index (χ1v) is 7.73. The van der Waals surface area contributed by atoms with Crippen molar-refractivity contribution in [1.82, 2.24) is 5.32 Å². The Labute approximate surface area is 137 Å². The lowest BCUT2D eigenvalue weighted by Crippen LogP contribution is -2.29. The fourth-order valence-electron chi connectivity index (χ4n) is 1.75. The summed E-state index contributed by atoms with van der Waals surface area (Å²) in [6.45, 7) is 2.76. The van der Waals surface area contributed by atoms with Gasteiger partial charge < -0.3 is 10.6 Å². The zero-order chi connectivity index (χ0) is 15.2. The highest BCUT2D eigenvalue weighted by atomic mass is 79.9. The highest BCUT2D eigenvalue weighted by Gasteiger charge is 2.02. The predicted octanol–water partition coefficient (Wildman–Crippen LogP) is 4.14. The Balaban J connectivity index is 1.79. The van der Waals surface area contributed by atoms with E-state index in [4.69, 9.17) is 11.6 Å². The minimum absolute atomic E-state index is 0.0540. The molecule has 0 fully saturated rings. The Morgan fingerprint density at radius 1 is 1.19 bits per heavy atom. The number of nitrogens with one attached hydrogen (secondary N) is 2. The summed E-state index contributed by atoms with van der Waals surface area (Å²) in [4.78, 5) is 11.8. The molecule has 0 aliphatic rings. The number of carbonyl (C=O) groups is 1. The number of hydrogen-bond donors (Lipinski definition) is 2. The number of benzene rings is 2. The van der Waals surface area contributed by atoms with E-state index < -0.39 is 0 Å². The van der Waals surface area contributed by atoms with E-state index in [9.17, 15) is 4.79 Å². The summed E-state index contributed by atoms with van der Waals surface area (Å²) in [7, 11) is 0. The summed E-state index contributed by atoms with van der Waals surface area (Å²) in [5.41, 5.74) is 3.09. The van der Waals surface area contributed by atoms with E-state index in [1.807, 2.05) is 49.4 Å². The molecule has 5 heteroatoms. The lowest BCUT2D eigenvalue weighted by molar-refractivity contribution is -0.119. The van der Waals surface area contributed by atoms with E-state index in [1.54, 1.807) is 0 Å². The lowest BCUT2D eigenvalue weighted by atomic mass is 10.2. The van der Waals surface area contributed by atoms with Gasteiger partial charge in [0.15, 0.2) is 0 Å². The average Bonchev–Trinajstić information content (AvgIpc) is 2.48. The zero-order valence-corrected chi connectivity index (χ0v) is 14.0. The van der Waals surface area contributed by atoms with Crippen LogP contribution in [0.2, 0.25) is 5.02 Å². The fourth-order valence-corrected chi connectivity index (χ4v) is 2.26. The minimum Gasteiger partial charge on any atom is -0.376 e. The zero-order valence-electron chi connectivity index (χ0n) is 11.6. The summed E-state index contributed by atoms with van der Waals surface area (Å²) < 4.78 is 1.02. The summed E-state index contributed by atoms with van der Waals surface area (Å²) >= 11 is 9.28. The summed E-state index contributed by atoms with van der Waals surface area (Å²) in [5.74, 6) is -0.0540. The fraction of sp³-hybridized carbons (Fsp3) is 0.188. The standard InChI is InChI=1S/C16H16BrClN2O/c1-11-2-7-14(8-15(11)17)19-10-16(21)20-9-12-3-5-13(18)6-4-12/h2-8,19H,9-10H2,1H3,(H,20,21). The number of carbonyl (C=O) groups excluding carboxylic acids is 1. The van der Waals surface area contributed by atoms with Crippen LogP contribution in [0.5, 0.6) is 0 Å². The van der Waals surface area contributed by atoms with Crippen molar-refractivity contribution >= 4 is 39.1 Å². The Morgan fingerprint density at radius 3 is 2.57 bits per heavy atom. The van der Waals surface area contributed by atoms with Gasteiger partial charge in [0.1, 0.15) is 0 Å². The Bertz CT molecular complexity index is 629. The number of hydrogen-bond acceptors (Lipinski definition) is 2. The Hall–Kier alpha value is -1.52.